The third-order valence-electron chi connectivity index (χ3n) is 3.00. The first-order chi connectivity index (χ1) is 7.92. The van der Waals surface area contributed by atoms with Crippen molar-refractivity contribution in [3.8, 4) is 0 Å². The first-order valence-corrected chi connectivity index (χ1v) is 5.83. The normalized spacial score (nSPS) is 20.1. The molecule has 102 valence electrons. The molecule has 0 aromatic carbocycles. The Labute approximate surface area is 98.0 Å². The molecule has 0 radical (unpaired) electrons. The second kappa shape index (κ2) is 6.54. The van der Waals surface area contributed by atoms with E-state index in [1.165, 1.54) is 0 Å². The molecule has 1 rings (SSSR count). The van der Waals surface area contributed by atoms with Crippen molar-refractivity contribution in [1.29, 1.82) is 0 Å². The highest BCUT2D eigenvalue weighted by Gasteiger charge is 2.41. The van der Waals surface area contributed by atoms with E-state index in [-0.39, 0.29) is 6.61 Å². The second-order valence-electron chi connectivity index (χ2n) is 4.62. The van der Waals surface area contributed by atoms with E-state index >= 15 is 0 Å². The van der Waals surface area contributed by atoms with Gasteiger partial charge in [-0.1, -0.05) is 25.7 Å². The Bertz CT molecular complexity index is 218. The number of aliphatic hydroxyl groups excluding tert-OH is 1. The van der Waals surface area contributed by atoms with Gasteiger partial charge >= 0.3 is 12.3 Å². The molecular formula is C11H18F4O2. The summed E-state index contributed by atoms with van der Waals surface area (Å²) >= 11 is 0. The van der Waals surface area contributed by atoms with Crippen LogP contribution in [0.2, 0.25) is 0 Å². The molecule has 0 heterocycles. The zero-order chi connectivity index (χ0) is 12.9. The van der Waals surface area contributed by atoms with Crippen LogP contribution in [-0.2, 0) is 4.74 Å². The molecule has 1 atom stereocenters. The summed E-state index contributed by atoms with van der Waals surface area (Å²) in [6.07, 6.45) is 0.249. The van der Waals surface area contributed by atoms with Crippen LogP contribution in [0.3, 0.4) is 0 Å². The van der Waals surface area contributed by atoms with E-state index in [1.807, 2.05) is 0 Å². The van der Waals surface area contributed by atoms with Crippen LogP contribution in [0.25, 0.3) is 0 Å². The van der Waals surface area contributed by atoms with E-state index < -0.39 is 25.1 Å². The first-order valence-electron chi connectivity index (χ1n) is 5.83. The van der Waals surface area contributed by atoms with Crippen LogP contribution in [0.5, 0.6) is 0 Å². The maximum absolute atomic E-state index is 12.4. The van der Waals surface area contributed by atoms with Crippen molar-refractivity contribution < 1.29 is 27.4 Å². The molecule has 1 aliphatic carbocycles. The third-order valence-corrected chi connectivity index (χ3v) is 3.00. The molecule has 2 nitrogen and oxygen atoms in total. The lowest BCUT2D eigenvalue weighted by Crippen LogP contribution is -2.34. The van der Waals surface area contributed by atoms with E-state index in [0.717, 1.165) is 25.7 Å². The lowest BCUT2D eigenvalue weighted by atomic mass is 10.0. The van der Waals surface area contributed by atoms with Gasteiger partial charge in [0.15, 0.2) is 0 Å². The fourth-order valence-corrected chi connectivity index (χ4v) is 2.09. The van der Waals surface area contributed by atoms with Gasteiger partial charge in [0.1, 0.15) is 6.61 Å². The van der Waals surface area contributed by atoms with Crippen LogP contribution < -0.4 is 0 Å². The zero-order valence-electron chi connectivity index (χ0n) is 9.55. The summed E-state index contributed by atoms with van der Waals surface area (Å²) in [7, 11) is 0. The SMILES string of the molecule is OC(COCC(F)(F)C(F)F)CC1CCCC1. The van der Waals surface area contributed by atoms with E-state index in [1.54, 1.807) is 0 Å². The Balaban J connectivity index is 2.13. The fraction of sp³-hybridized carbons (Fsp3) is 1.00. The predicted octanol–water partition coefficient (Wildman–Crippen LogP) is 2.84. The van der Waals surface area contributed by atoms with Crippen molar-refractivity contribution in [2.24, 2.45) is 5.92 Å². The van der Waals surface area contributed by atoms with Gasteiger partial charge in [-0.2, -0.15) is 8.78 Å². The number of ether oxygens (including phenoxy) is 1. The summed E-state index contributed by atoms with van der Waals surface area (Å²) in [4.78, 5) is 0. The molecule has 0 spiro atoms. The molecule has 0 amide bonds. The zero-order valence-corrected chi connectivity index (χ0v) is 9.55. The van der Waals surface area contributed by atoms with Gasteiger partial charge in [-0.05, 0) is 12.3 Å². The third kappa shape index (κ3) is 5.21. The molecular weight excluding hydrogens is 240 g/mol. The van der Waals surface area contributed by atoms with Crippen molar-refractivity contribution >= 4 is 0 Å². The van der Waals surface area contributed by atoms with E-state index in [2.05, 4.69) is 4.74 Å². The summed E-state index contributed by atoms with van der Waals surface area (Å²) in [6, 6.07) is 0. The number of rotatable bonds is 7. The molecule has 1 unspecified atom stereocenters. The van der Waals surface area contributed by atoms with Crippen LogP contribution in [0.1, 0.15) is 32.1 Å². The molecule has 0 aliphatic heterocycles. The Morgan fingerprint density at radius 1 is 1.24 bits per heavy atom. The van der Waals surface area contributed by atoms with Gasteiger partial charge in [-0.3, -0.25) is 0 Å². The molecule has 0 aromatic heterocycles. The molecule has 6 heteroatoms. The Kier molecular flexibility index (Phi) is 5.66. The summed E-state index contributed by atoms with van der Waals surface area (Å²) in [6.45, 7) is -1.65. The standard InChI is InChI=1S/C11H18F4O2/c12-10(13)11(14,15)7-17-6-9(16)5-8-3-1-2-4-8/h8-10,16H,1-7H2. The average Bonchev–Trinajstić information content (AvgIpc) is 2.69. The maximum Gasteiger partial charge on any atom is 0.330 e. The quantitative estimate of drug-likeness (QED) is 0.711. The van der Waals surface area contributed by atoms with Gasteiger partial charge in [0.25, 0.3) is 0 Å². The smallest absolute Gasteiger partial charge is 0.330 e. The van der Waals surface area contributed by atoms with Crippen LogP contribution >= 0.6 is 0 Å². The van der Waals surface area contributed by atoms with Gasteiger partial charge in [-0.25, -0.2) is 8.78 Å². The number of aliphatic hydroxyl groups is 1. The van der Waals surface area contributed by atoms with Crippen LogP contribution in [0.4, 0.5) is 17.6 Å². The van der Waals surface area contributed by atoms with Crippen LogP contribution in [0, 0.1) is 5.92 Å². The van der Waals surface area contributed by atoms with Crippen molar-refractivity contribution in [3.05, 3.63) is 0 Å². The number of hydrogen-bond donors (Lipinski definition) is 1. The van der Waals surface area contributed by atoms with E-state index in [9.17, 15) is 22.7 Å². The van der Waals surface area contributed by atoms with E-state index in [0.29, 0.717) is 12.3 Å². The molecule has 0 aromatic rings. The molecule has 1 aliphatic rings. The Morgan fingerprint density at radius 3 is 2.35 bits per heavy atom. The topological polar surface area (TPSA) is 29.5 Å². The minimum Gasteiger partial charge on any atom is -0.391 e. The molecule has 1 saturated carbocycles. The Hall–Kier alpha value is -0.360. The number of halogens is 4. The largest absolute Gasteiger partial charge is 0.391 e. The summed E-state index contributed by atoms with van der Waals surface area (Å²) in [5.41, 5.74) is 0. The van der Waals surface area contributed by atoms with Crippen molar-refractivity contribution in [3.63, 3.8) is 0 Å². The van der Waals surface area contributed by atoms with Crippen molar-refractivity contribution in [2.45, 2.75) is 50.6 Å². The summed E-state index contributed by atoms with van der Waals surface area (Å²) < 4.78 is 52.9. The monoisotopic (exact) mass is 258 g/mol. The minimum absolute atomic E-state index is 0.307. The Morgan fingerprint density at radius 2 is 1.82 bits per heavy atom. The number of hydrogen-bond acceptors (Lipinski definition) is 2. The van der Waals surface area contributed by atoms with Crippen LogP contribution in [-0.4, -0.2) is 36.8 Å². The van der Waals surface area contributed by atoms with Crippen LogP contribution in [0.15, 0.2) is 0 Å². The second-order valence-corrected chi connectivity index (χ2v) is 4.62. The van der Waals surface area contributed by atoms with Gasteiger partial charge < -0.3 is 9.84 Å². The highest BCUT2D eigenvalue weighted by Crippen LogP contribution is 2.29. The van der Waals surface area contributed by atoms with Gasteiger partial charge in [-0.15, -0.1) is 0 Å². The minimum atomic E-state index is -4.13. The predicted molar refractivity (Wildman–Crippen MR) is 54.4 cm³/mol. The lowest BCUT2D eigenvalue weighted by Gasteiger charge is -2.18. The fourth-order valence-electron chi connectivity index (χ4n) is 2.09. The molecule has 17 heavy (non-hydrogen) atoms. The highest BCUT2D eigenvalue weighted by molar-refractivity contribution is 4.72. The molecule has 0 bridgehead atoms. The molecule has 1 N–H and O–H groups in total. The van der Waals surface area contributed by atoms with Crippen molar-refractivity contribution in [2.75, 3.05) is 13.2 Å². The van der Waals surface area contributed by atoms with Gasteiger partial charge in [0.05, 0.1) is 12.7 Å². The van der Waals surface area contributed by atoms with Gasteiger partial charge in [0.2, 0.25) is 0 Å². The molecule has 0 saturated heterocycles. The summed E-state index contributed by atoms with van der Waals surface area (Å²) in [5, 5.41) is 9.49. The van der Waals surface area contributed by atoms with E-state index in [4.69, 9.17) is 0 Å². The summed E-state index contributed by atoms with van der Waals surface area (Å²) in [5.74, 6) is -3.73. The average molecular weight is 258 g/mol. The highest BCUT2D eigenvalue weighted by atomic mass is 19.3. The first kappa shape index (κ1) is 14.7. The van der Waals surface area contributed by atoms with Crippen molar-refractivity contribution in [1.82, 2.24) is 0 Å². The molecule has 1 fully saturated rings. The van der Waals surface area contributed by atoms with Gasteiger partial charge in [0, 0.05) is 0 Å². The number of alkyl halides is 4. The maximum atomic E-state index is 12.4. The lowest BCUT2D eigenvalue weighted by molar-refractivity contribution is -0.171.